The lowest BCUT2D eigenvalue weighted by molar-refractivity contribution is -0.140. The number of carbonyl (C=O) groups is 2. The van der Waals surface area contributed by atoms with Crippen LogP contribution in [0.3, 0.4) is 0 Å². The first-order chi connectivity index (χ1) is 23.9. The van der Waals surface area contributed by atoms with Crippen LogP contribution in [0.2, 0.25) is 11.4 Å². The third kappa shape index (κ3) is 6.93. The minimum atomic E-state index is -2.92. The summed E-state index contributed by atoms with van der Waals surface area (Å²) in [6, 6.07) is 28.2. The van der Waals surface area contributed by atoms with Gasteiger partial charge in [-0.15, -0.1) is 0 Å². The second-order valence-corrected chi connectivity index (χ2v) is 19.5. The van der Waals surface area contributed by atoms with Gasteiger partial charge in [-0.05, 0) is 89.1 Å². The first-order valence-corrected chi connectivity index (χ1v) is 20.0. The summed E-state index contributed by atoms with van der Waals surface area (Å²) < 4.78 is 13.8. The fourth-order valence-corrected chi connectivity index (χ4v) is 13.2. The number of benzene rings is 3. The van der Waals surface area contributed by atoms with E-state index in [0.29, 0.717) is 38.8 Å². The van der Waals surface area contributed by atoms with Gasteiger partial charge >= 0.3 is 7.12 Å². The predicted molar refractivity (Wildman–Crippen MR) is 201 cm³/mol. The molecule has 2 heterocycles. The molecule has 9 heteroatoms. The Morgan fingerprint density at radius 1 is 0.980 bits per heavy atom. The molecule has 0 aromatic heterocycles. The number of aromatic hydroxyl groups is 1. The Hall–Kier alpha value is -3.76. The highest BCUT2D eigenvalue weighted by atomic mass is 28.4. The van der Waals surface area contributed by atoms with Crippen molar-refractivity contribution in [2.75, 3.05) is 13.2 Å². The molecule has 0 radical (unpaired) electrons. The van der Waals surface area contributed by atoms with E-state index in [0.717, 1.165) is 22.3 Å². The lowest BCUT2D eigenvalue weighted by Gasteiger charge is -2.46. The summed E-state index contributed by atoms with van der Waals surface area (Å²) in [5, 5.41) is 23.2. The first-order valence-electron chi connectivity index (χ1n) is 18.1. The average Bonchev–Trinajstić information content (AvgIpc) is 3.32. The molecule has 2 fully saturated rings. The molecular weight excluding hydrogens is 641 g/mol. The number of fused-ring (bicyclic) bond motifs is 3. The number of phenols is 1. The van der Waals surface area contributed by atoms with Crippen LogP contribution < -0.4 is 10.4 Å². The predicted octanol–water partition coefficient (Wildman–Crippen LogP) is 6.36. The van der Waals surface area contributed by atoms with Crippen LogP contribution in [0.25, 0.3) is 6.08 Å². The number of rotatable bonds is 11. The topological polar surface area (TPSA) is 96.3 Å². The van der Waals surface area contributed by atoms with Crippen molar-refractivity contribution in [3.63, 3.8) is 0 Å². The molecule has 4 atom stereocenters. The standard InChI is InChI=1S/C41H50BNO6Si/c1-6-22-43-39(45)34-25-30(27-48-50(41(3,4)5,32-16-9-7-10-17-32)33-18-11-8-12-19-33)37-35(38(34)40(43)46)26-42(47)49-36(37)21-20-28(2)23-29-14-13-15-31(44)24-29/h7-19,23-24,34-36,38,44,47H,6,20-22,25-27H2,1-5H3/b28-23+/t34-,35+,36-,38-/m1/s1. The van der Waals surface area contributed by atoms with E-state index in [1.807, 2.05) is 31.2 Å². The highest BCUT2D eigenvalue weighted by molar-refractivity contribution is 6.99. The fourth-order valence-electron chi connectivity index (χ4n) is 8.69. The van der Waals surface area contributed by atoms with Gasteiger partial charge in [0.1, 0.15) is 5.75 Å². The van der Waals surface area contributed by atoms with Gasteiger partial charge in [-0.3, -0.25) is 14.5 Å². The van der Waals surface area contributed by atoms with E-state index >= 15 is 0 Å². The molecule has 262 valence electrons. The van der Waals surface area contributed by atoms with Gasteiger partial charge in [0.2, 0.25) is 11.8 Å². The van der Waals surface area contributed by atoms with Gasteiger partial charge in [0.25, 0.3) is 8.32 Å². The van der Waals surface area contributed by atoms with Gasteiger partial charge < -0.3 is 19.2 Å². The molecule has 3 aromatic carbocycles. The van der Waals surface area contributed by atoms with Gasteiger partial charge in [-0.1, -0.05) is 112 Å². The van der Waals surface area contributed by atoms with Crippen molar-refractivity contribution < 1.29 is 28.8 Å². The Morgan fingerprint density at radius 2 is 1.64 bits per heavy atom. The molecular formula is C41H50BNO6Si. The summed E-state index contributed by atoms with van der Waals surface area (Å²) in [5.41, 5.74) is 4.07. The quantitative estimate of drug-likeness (QED) is 0.138. The van der Waals surface area contributed by atoms with Gasteiger partial charge in [0, 0.05) is 6.54 Å². The van der Waals surface area contributed by atoms with E-state index < -0.39 is 33.4 Å². The van der Waals surface area contributed by atoms with Crippen molar-refractivity contribution in [3.8, 4) is 5.75 Å². The van der Waals surface area contributed by atoms with Crippen molar-refractivity contribution >= 4 is 43.7 Å². The van der Waals surface area contributed by atoms with E-state index in [4.69, 9.17) is 9.08 Å². The summed E-state index contributed by atoms with van der Waals surface area (Å²) in [4.78, 5) is 29.3. The van der Waals surface area contributed by atoms with Gasteiger partial charge in [-0.25, -0.2) is 0 Å². The Balaban J connectivity index is 1.42. The maximum Gasteiger partial charge on any atom is 0.455 e. The Labute approximate surface area is 298 Å². The molecule has 2 aliphatic heterocycles. The van der Waals surface area contributed by atoms with Gasteiger partial charge in [-0.2, -0.15) is 0 Å². The third-order valence-corrected chi connectivity index (χ3v) is 15.8. The molecule has 1 aliphatic carbocycles. The number of hydrogen-bond donors (Lipinski definition) is 2. The molecule has 7 nitrogen and oxygen atoms in total. The highest BCUT2D eigenvalue weighted by Gasteiger charge is 2.58. The van der Waals surface area contributed by atoms with Crippen molar-refractivity contribution in [1.82, 2.24) is 4.90 Å². The fraction of sp³-hybridized carbons (Fsp3) is 0.415. The Morgan fingerprint density at radius 3 is 2.24 bits per heavy atom. The second kappa shape index (κ2) is 14.8. The van der Waals surface area contributed by atoms with E-state index in [9.17, 15) is 19.7 Å². The molecule has 0 unspecified atom stereocenters. The van der Waals surface area contributed by atoms with Crippen molar-refractivity contribution in [3.05, 3.63) is 107 Å². The summed E-state index contributed by atoms with van der Waals surface area (Å²) in [5.74, 6) is -1.30. The zero-order valence-electron chi connectivity index (χ0n) is 30.0. The van der Waals surface area contributed by atoms with Crippen molar-refractivity contribution in [1.29, 1.82) is 0 Å². The molecule has 0 saturated carbocycles. The molecule has 6 rings (SSSR count). The van der Waals surface area contributed by atoms with Crippen LogP contribution in [-0.4, -0.2) is 61.5 Å². The van der Waals surface area contributed by atoms with E-state index in [1.54, 1.807) is 12.1 Å². The summed E-state index contributed by atoms with van der Waals surface area (Å²) in [6.07, 6.45) is 4.32. The largest absolute Gasteiger partial charge is 0.508 e. The molecule has 2 N–H and O–H groups in total. The summed E-state index contributed by atoms with van der Waals surface area (Å²) in [6.45, 7) is 11.5. The zero-order valence-corrected chi connectivity index (χ0v) is 31.0. The normalized spacial score (nSPS) is 23.0. The van der Waals surface area contributed by atoms with Crippen molar-refractivity contribution in [2.24, 2.45) is 17.8 Å². The molecule has 0 bridgehead atoms. The molecule has 2 amide bonds. The van der Waals surface area contributed by atoms with E-state index in [2.05, 4.69) is 82.3 Å². The number of hydrogen-bond acceptors (Lipinski definition) is 6. The SMILES string of the molecule is CCCN1C(=O)[C@@H]2[C@@H](CC(CO[Si](c3ccccc3)(c3ccccc3)C(C)(C)C)=C3[C@@H](CC/C(C)=C/c4cccc(O)c4)OB(O)C[C@@H]32)C1=O. The van der Waals surface area contributed by atoms with Crippen LogP contribution in [0.5, 0.6) is 5.75 Å². The average molecular weight is 692 g/mol. The number of phenolic OH excluding ortho intramolecular Hbond substituents is 1. The Kier molecular flexibility index (Phi) is 10.7. The number of nitrogens with zero attached hydrogens (tertiary/aromatic N) is 1. The number of imide groups is 1. The lowest BCUT2D eigenvalue weighted by Crippen LogP contribution is -2.66. The number of likely N-dealkylation sites (tertiary alicyclic amines) is 1. The van der Waals surface area contributed by atoms with Crippen LogP contribution in [0.4, 0.5) is 0 Å². The van der Waals surface area contributed by atoms with Crippen LogP contribution in [0.1, 0.15) is 65.9 Å². The smallest absolute Gasteiger partial charge is 0.455 e. The monoisotopic (exact) mass is 691 g/mol. The summed E-state index contributed by atoms with van der Waals surface area (Å²) in [7, 11) is -3.95. The second-order valence-electron chi connectivity index (χ2n) is 15.2. The van der Waals surface area contributed by atoms with Crippen LogP contribution >= 0.6 is 0 Å². The Bertz CT molecular complexity index is 1710. The van der Waals surface area contributed by atoms with Crippen LogP contribution in [-0.2, 0) is 18.7 Å². The van der Waals surface area contributed by atoms with Crippen molar-refractivity contribution in [2.45, 2.75) is 77.8 Å². The molecule has 3 aliphatic rings. The lowest BCUT2D eigenvalue weighted by atomic mass is 9.58. The molecule has 50 heavy (non-hydrogen) atoms. The minimum Gasteiger partial charge on any atom is -0.508 e. The van der Waals surface area contributed by atoms with Crippen LogP contribution in [0, 0.1) is 17.8 Å². The minimum absolute atomic E-state index is 0.105. The molecule has 0 spiro atoms. The maximum atomic E-state index is 13.9. The molecule has 2 saturated heterocycles. The molecule has 3 aromatic rings. The van der Waals surface area contributed by atoms with Gasteiger partial charge in [0.05, 0.1) is 24.5 Å². The number of amides is 2. The zero-order chi connectivity index (χ0) is 35.6. The number of carbonyl (C=O) groups excluding carboxylic acids is 2. The highest BCUT2D eigenvalue weighted by Crippen LogP contribution is 2.51. The first kappa shape index (κ1) is 36.0. The van der Waals surface area contributed by atoms with Gasteiger partial charge in [0.15, 0.2) is 0 Å². The maximum absolute atomic E-state index is 13.9. The van der Waals surface area contributed by atoms with E-state index in [1.165, 1.54) is 15.3 Å². The van der Waals surface area contributed by atoms with E-state index in [-0.39, 0.29) is 34.8 Å². The third-order valence-electron chi connectivity index (χ3n) is 10.8. The van der Waals surface area contributed by atoms with Crippen LogP contribution in [0.15, 0.2) is 102 Å². The number of allylic oxidation sites excluding steroid dienone is 1. The summed E-state index contributed by atoms with van der Waals surface area (Å²) >= 11 is 0.